The van der Waals surface area contributed by atoms with Crippen LogP contribution in [0.15, 0.2) is 36.5 Å². The molecule has 2 unspecified atom stereocenters. The van der Waals surface area contributed by atoms with E-state index in [1.807, 2.05) is 0 Å². The molecule has 0 radical (unpaired) electrons. The van der Waals surface area contributed by atoms with Crippen LogP contribution in [0.5, 0.6) is 11.8 Å². The fraction of sp³-hybridized carbons (Fsp3) is 0.469. The van der Waals surface area contributed by atoms with Gasteiger partial charge in [-0.2, -0.15) is 9.97 Å². The first-order chi connectivity index (χ1) is 20.4. The molecule has 4 aliphatic rings. The zero-order valence-corrected chi connectivity index (χ0v) is 23.2. The van der Waals surface area contributed by atoms with Crippen molar-refractivity contribution in [1.29, 1.82) is 0 Å². The Labute approximate surface area is 241 Å². The fourth-order valence-electron chi connectivity index (χ4n) is 8.10. The van der Waals surface area contributed by atoms with Crippen LogP contribution in [-0.2, 0) is 0 Å². The van der Waals surface area contributed by atoms with Crippen molar-refractivity contribution < 1.29 is 23.0 Å². The molecule has 7 nitrogen and oxygen atoms in total. The lowest BCUT2D eigenvalue weighted by Gasteiger charge is -2.34. The summed E-state index contributed by atoms with van der Waals surface area (Å²) in [6.07, 6.45) is 6.40. The van der Waals surface area contributed by atoms with E-state index in [1.54, 1.807) is 18.3 Å². The first-order valence-electron chi connectivity index (χ1n) is 14.9. The quantitative estimate of drug-likeness (QED) is 0.312. The third kappa shape index (κ3) is 4.17. The molecule has 10 heteroatoms. The molecule has 4 atom stereocenters. The number of piperidine rings is 1. The van der Waals surface area contributed by atoms with Crippen molar-refractivity contribution in [1.82, 2.24) is 19.9 Å². The van der Waals surface area contributed by atoms with Crippen LogP contribution in [0.25, 0.3) is 32.9 Å². The van der Waals surface area contributed by atoms with Crippen molar-refractivity contribution in [3.8, 4) is 23.0 Å². The fourth-order valence-corrected chi connectivity index (χ4v) is 8.10. The number of nitrogens with zero attached hydrogens (tertiary/aromatic N) is 5. The van der Waals surface area contributed by atoms with Crippen LogP contribution in [0.2, 0.25) is 0 Å². The second kappa shape index (κ2) is 9.69. The average Bonchev–Trinajstić information content (AvgIpc) is 3.61. The number of hydrogen-bond acceptors (Lipinski definition) is 7. The summed E-state index contributed by atoms with van der Waals surface area (Å²) in [6, 6.07) is 7.31. The van der Waals surface area contributed by atoms with Gasteiger partial charge in [-0.3, -0.25) is 9.88 Å². The lowest BCUT2D eigenvalue weighted by molar-refractivity contribution is 0.107. The van der Waals surface area contributed by atoms with E-state index in [9.17, 15) is 9.50 Å². The number of phenols is 1. The number of rotatable bonds is 5. The van der Waals surface area contributed by atoms with Gasteiger partial charge >= 0.3 is 6.01 Å². The van der Waals surface area contributed by atoms with Gasteiger partial charge < -0.3 is 14.7 Å². The number of halogens is 3. The first kappa shape index (κ1) is 26.0. The number of benzene rings is 2. The average molecular weight is 576 g/mol. The highest BCUT2D eigenvalue weighted by molar-refractivity contribution is 6.00. The number of alkyl halides is 1. The molecule has 2 aromatic heterocycles. The SMILES string of the molecule is Oc1cc(-c2ncc3c(N4CC5CCC(C5)C4)nc(OC[C@@]45CCCN4C[C@H](F)C5)nc3c2F)c2c(F)cccc2c1. The number of hydrogen-bond donors (Lipinski definition) is 1. The van der Waals surface area contributed by atoms with Gasteiger partial charge in [0.2, 0.25) is 0 Å². The Balaban J connectivity index is 1.26. The lowest BCUT2D eigenvalue weighted by Crippen LogP contribution is -2.43. The molecule has 2 aromatic carbocycles. The van der Waals surface area contributed by atoms with E-state index in [0.29, 0.717) is 41.4 Å². The Morgan fingerprint density at radius 3 is 2.74 bits per heavy atom. The third-order valence-corrected chi connectivity index (χ3v) is 9.95. The van der Waals surface area contributed by atoms with E-state index in [0.717, 1.165) is 32.5 Å². The minimum Gasteiger partial charge on any atom is -0.508 e. The summed E-state index contributed by atoms with van der Waals surface area (Å²) in [5.41, 5.74) is -0.343. The number of ether oxygens (including phenoxy) is 1. The van der Waals surface area contributed by atoms with Gasteiger partial charge in [0.25, 0.3) is 0 Å². The van der Waals surface area contributed by atoms with Gasteiger partial charge in [-0.15, -0.1) is 0 Å². The van der Waals surface area contributed by atoms with E-state index in [2.05, 4.69) is 19.8 Å². The van der Waals surface area contributed by atoms with Crippen LogP contribution >= 0.6 is 0 Å². The Morgan fingerprint density at radius 1 is 1.07 bits per heavy atom. The maximum Gasteiger partial charge on any atom is 0.319 e. The molecule has 8 rings (SSSR count). The monoisotopic (exact) mass is 575 g/mol. The standard InChI is InChI=1S/C32H32F3N5O2/c33-21-12-32(7-2-8-40(32)16-21)17-42-31-37-29-24(30(38-31)39-14-18-5-6-19(9-18)15-39)13-36-28(27(29)35)23-11-22(41)10-20-3-1-4-25(34)26(20)23/h1,3-4,10-11,13,18-19,21,41H,2,5-9,12,14-17H2/t18?,19?,21-,32+/m1/s1. The van der Waals surface area contributed by atoms with Crippen LogP contribution in [0.4, 0.5) is 19.0 Å². The summed E-state index contributed by atoms with van der Waals surface area (Å²) in [5, 5.41) is 11.5. The highest BCUT2D eigenvalue weighted by atomic mass is 19.1. The molecule has 4 fully saturated rings. The number of pyridine rings is 1. The summed E-state index contributed by atoms with van der Waals surface area (Å²) >= 11 is 0. The van der Waals surface area contributed by atoms with E-state index < -0.39 is 23.3 Å². The summed E-state index contributed by atoms with van der Waals surface area (Å²) in [4.78, 5) is 18.2. The predicted octanol–water partition coefficient (Wildman–Crippen LogP) is 6.02. The van der Waals surface area contributed by atoms with Crippen molar-refractivity contribution in [3.05, 3.63) is 48.2 Å². The molecule has 1 N–H and O–H groups in total. The molecule has 3 saturated heterocycles. The summed E-state index contributed by atoms with van der Waals surface area (Å²) in [7, 11) is 0. The van der Waals surface area contributed by atoms with Gasteiger partial charge in [0.1, 0.15) is 41.4 Å². The molecular weight excluding hydrogens is 543 g/mol. The molecule has 1 saturated carbocycles. The van der Waals surface area contributed by atoms with Crippen molar-refractivity contribution in [3.63, 3.8) is 0 Å². The minimum absolute atomic E-state index is 0.0290. The second-order valence-electron chi connectivity index (χ2n) is 12.7. The van der Waals surface area contributed by atoms with Crippen molar-refractivity contribution in [2.45, 2.75) is 50.2 Å². The molecule has 42 heavy (non-hydrogen) atoms. The smallest absolute Gasteiger partial charge is 0.319 e. The normalized spacial score (nSPS) is 27.3. The highest BCUT2D eigenvalue weighted by Gasteiger charge is 2.49. The number of aromatic nitrogens is 3. The van der Waals surface area contributed by atoms with Crippen LogP contribution in [0.1, 0.15) is 38.5 Å². The Kier molecular flexibility index (Phi) is 6.00. The topological polar surface area (TPSA) is 74.6 Å². The van der Waals surface area contributed by atoms with Gasteiger partial charge in [-0.1, -0.05) is 12.1 Å². The van der Waals surface area contributed by atoms with Crippen LogP contribution in [0.3, 0.4) is 0 Å². The van der Waals surface area contributed by atoms with Gasteiger partial charge in [0, 0.05) is 43.2 Å². The van der Waals surface area contributed by atoms with Crippen molar-refractivity contribution in [2.24, 2.45) is 11.8 Å². The molecule has 3 aliphatic heterocycles. The largest absolute Gasteiger partial charge is 0.508 e. The van der Waals surface area contributed by atoms with Gasteiger partial charge in [-0.05, 0) is 74.1 Å². The Hall–Kier alpha value is -3.66. The molecule has 0 spiro atoms. The van der Waals surface area contributed by atoms with Gasteiger partial charge in [0.05, 0.1) is 10.9 Å². The minimum atomic E-state index is -0.894. The molecule has 4 aromatic rings. The predicted molar refractivity (Wildman–Crippen MR) is 153 cm³/mol. The molecule has 5 heterocycles. The van der Waals surface area contributed by atoms with Gasteiger partial charge in [-0.25, -0.2) is 13.2 Å². The molecular formula is C32H32F3N5O2. The lowest BCUT2D eigenvalue weighted by atomic mass is 9.95. The van der Waals surface area contributed by atoms with E-state index in [1.165, 1.54) is 37.5 Å². The maximum absolute atomic E-state index is 16.6. The van der Waals surface area contributed by atoms with Gasteiger partial charge in [0.15, 0.2) is 5.82 Å². The Morgan fingerprint density at radius 2 is 1.90 bits per heavy atom. The number of fused-ring (bicyclic) bond motifs is 5. The van der Waals surface area contributed by atoms with Crippen LogP contribution in [-0.4, -0.2) is 69.5 Å². The number of anilines is 1. The number of aromatic hydroxyl groups is 1. The summed E-state index contributed by atoms with van der Waals surface area (Å²) < 4.78 is 52.2. The Bertz CT molecular complexity index is 1710. The second-order valence-corrected chi connectivity index (χ2v) is 12.7. The van der Waals surface area contributed by atoms with E-state index in [-0.39, 0.29) is 40.5 Å². The van der Waals surface area contributed by atoms with Crippen molar-refractivity contribution in [2.75, 3.05) is 37.7 Å². The molecule has 218 valence electrons. The summed E-state index contributed by atoms with van der Waals surface area (Å²) in [5.74, 6) is 0.297. The zero-order chi connectivity index (χ0) is 28.6. The molecule has 0 amide bonds. The highest BCUT2D eigenvalue weighted by Crippen LogP contribution is 2.43. The maximum atomic E-state index is 16.6. The van der Waals surface area contributed by atoms with Crippen molar-refractivity contribution >= 4 is 27.5 Å². The number of phenolic OH excluding ortho intramolecular Hbond substituents is 1. The van der Waals surface area contributed by atoms with Crippen LogP contribution in [0, 0.1) is 23.5 Å². The van der Waals surface area contributed by atoms with Crippen LogP contribution < -0.4 is 9.64 Å². The molecule has 1 aliphatic carbocycles. The zero-order valence-electron chi connectivity index (χ0n) is 23.2. The van der Waals surface area contributed by atoms with E-state index >= 15 is 8.78 Å². The first-order valence-corrected chi connectivity index (χ1v) is 14.9. The molecule has 2 bridgehead atoms. The van der Waals surface area contributed by atoms with E-state index in [4.69, 9.17) is 9.72 Å². The third-order valence-electron chi connectivity index (χ3n) is 9.95. The summed E-state index contributed by atoms with van der Waals surface area (Å²) in [6.45, 7) is 3.10.